The molecule has 1 heterocycles. The van der Waals surface area contributed by atoms with Crippen LogP contribution >= 0.6 is 0 Å². The molecule has 0 radical (unpaired) electrons. The van der Waals surface area contributed by atoms with Gasteiger partial charge in [0.05, 0.1) is 4.92 Å². The molecule has 0 fully saturated rings. The Balaban J connectivity index is 1.74. The van der Waals surface area contributed by atoms with Gasteiger partial charge in [-0.2, -0.15) is 0 Å². The van der Waals surface area contributed by atoms with Crippen LogP contribution in [0.2, 0.25) is 0 Å². The van der Waals surface area contributed by atoms with E-state index in [-0.39, 0.29) is 5.69 Å². The molecule has 0 unspecified atom stereocenters. The molecular weight excluding hydrogens is 304 g/mol. The molecule has 0 aliphatic rings. The van der Waals surface area contributed by atoms with Crippen LogP contribution in [0.15, 0.2) is 67.0 Å². The summed E-state index contributed by atoms with van der Waals surface area (Å²) in [5.74, 6) is 0. The molecule has 3 aromatic rings. The fourth-order valence-corrected chi connectivity index (χ4v) is 2.41. The normalized spacial score (nSPS) is 10.3. The van der Waals surface area contributed by atoms with E-state index in [0.29, 0.717) is 17.9 Å². The first-order valence-corrected chi connectivity index (χ1v) is 7.40. The molecule has 0 amide bonds. The van der Waals surface area contributed by atoms with Crippen molar-refractivity contribution in [2.24, 2.45) is 0 Å². The third kappa shape index (κ3) is 3.49. The largest absolute Gasteiger partial charge is 0.399 e. The molecule has 0 aliphatic heterocycles. The van der Waals surface area contributed by atoms with E-state index < -0.39 is 4.92 Å². The van der Waals surface area contributed by atoms with Gasteiger partial charge >= 0.3 is 0 Å². The maximum Gasteiger partial charge on any atom is 0.292 e. The van der Waals surface area contributed by atoms with E-state index in [1.165, 1.54) is 12.1 Å². The van der Waals surface area contributed by atoms with E-state index in [2.05, 4.69) is 10.3 Å². The Labute approximate surface area is 139 Å². The van der Waals surface area contributed by atoms with Crippen molar-refractivity contribution in [3.63, 3.8) is 0 Å². The fourth-order valence-electron chi connectivity index (χ4n) is 2.41. The second-order valence-corrected chi connectivity index (χ2v) is 5.32. The Morgan fingerprint density at radius 3 is 2.33 bits per heavy atom. The molecule has 1 aromatic heterocycles. The van der Waals surface area contributed by atoms with Crippen molar-refractivity contribution in [1.82, 2.24) is 4.98 Å². The van der Waals surface area contributed by atoms with Crippen LogP contribution in [0.1, 0.15) is 5.56 Å². The molecular formula is C18H16N4O2. The van der Waals surface area contributed by atoms with Crippen LogP contribution in [0.5, 0.6) is 0 Å². The number of pyridine rings is 1. The molecule has 6 heteroatoms. The summed E-state index contributed by atoms with van der Waals surface area (Å²) in [6.07, 6.45) is 3.51. The number of anilines is 2. The van der Waals surface area contributed by atoms with E-state index in [1.807, 2.05) is 36.4 Å². The van der Waals surface area contributed by atoms with Gasteiger partial charge in [0.2, 0.25) is 0 Å². The first-order valence-electron chi connectivity index (χ1n) is 7.40. The average molecular weight is 320 g/mol. The maximum absolute atomic E-state index is 11.1. The van der Waals surface area contributed by atoms with Crippen molar-refractivity contribution in [3.8, 4) is 11.1 Å². The minimum Gasteiger partial charge on any atom is -0.399 e. The van der Waals surface area contributed by atoms with Crippen LogP contribution < -0.4 is 11.1 Å². The minimum atomic E-state index is -0.422. The molecule has 0 bridgehead atoms. The second kappa shape index (κ2) is 6.78. The highest BCUT2D eigenvalue weighted by Gasteiger charge is 2.13. The SMILES string of the molecule is Nc1ccc([N+](=O)[O-])c(NCc2ccc(-c3ccncc3)cc2)c1. The van der Waals surface area contributed by atoms with Gasteiger partial charge in [-0.3, -0.25) is 15.1 Å². The summed E-state index contributed by atoms with van der Waals surface area (Å²) in [6.45, 7) is 0.473. The van der Waals surface area contributed by atoms with Gasteiger partial charge in [0.15, 0.2) is 0 Å². The monoisotopic (exact) mass is 320 g/mol. The van der Waals surface area contributed by atoms with Crippen molar-refractivity contribution in [2.75, 3.05) is 11.1 Å². The first-order chi connectivity index (χ1) is 11.6. The number of benzene rings is 2. The van der Waals surface area contributed by atoms with E-state index in [1.54, 1.807) is 18.5 Å². The zero-order valence-electron chi connectivity index (χ0n) is 12.8. The molecule has 0 aliphatic carbocycles. The predicted octanol–water partition coefficient (Wildman–Crippen LogP) is 3.85. The molecule has 0 saturated carbocycles. The Morgan fingerprint density at radius 1 is 1.00 bits per heavy atom. The smallest absolute Gasteiger partial charge is 0.292 e. The zero-order chi connectivity index (χ0) is 16.9. The molecule has 3 N–H and O–H groups in total. The van der Waals surface area contributed by atoms with Crippen molar-refractivity contribution >= 4 is 17.1 Å². The standard InChI is InChI=1S/C18H16N4O2/c19-16-5-6-18(22(23)24)17(11-16)21-12-13-1-3-14(4-2-13)15-7-9-20-10-8-15/h1-11,21H,12,19H2. The van der Waals surface area contributed by atoms with Crippen LogP contribution in [0, 0.1) is 10.1 Å². The van der Waals surface area contributed by atoms with E-state index >= 15 is 0 Å². The zero-order valence-corrected chi connectivity index (χ0v) is 12.8. The van der Waals surface area contributed by atoms with Crippen LogP contribution in [0.4, 0.5) is 17.1 Å². The van der Waals surface area contributed by atoms with Crippen LogP contribution in [-0.2, 0) is 6.54 Å². The number of nitro benzene ring substituents is 1. The average Bonchev–Trinajstić information content (AvgIpc) is 2.61. The summed E-state index contributed by atoms with van der Waals surface area (Å²) in [5.41, 5.74) is 9.83. The molecule has 0 spiro atoms. The highest BCUT2D eigenvalue weighted by Crippen LogP contribution is 2.27. The lowest BCUT2D eigenvalue weighted by Crippen LogP contribution is -2.03. The summed E-state index contributed by atoms with van der Waals surface area (Å²) in [4.78, 5) is 14.6. The molecule has 120 valence electrons. The third-order valence-electron chi connectivity index (χ3n) is 3.67. The van der Waals surface area contributed by atoms with E-state index in [4.69, 9.17) is 5.73 Å². The Morgan fingerprint density at radius 2 is 1.67 bits per heavy atom. The molecule has 2 aromatic carbocycles. The number of hydrogen-bond donors (Lipinski definition) is 2. The number of nitro groups is 1. The third-order valence-corrected chi connectivity index (χ3v) is 3.67. The lowest BCUT2D eigenvalue weighted by molar-refractivity contribution is -0.383. The Hall–Kier alpha value is -3.41. The van der Waals surface area contributed by atoms with Crippen LogP contribution in [-0.4, -0.2) is 9.91 Å². The number of hydrogen-bond acceptors (Lipinski definition) is 5. The Kier molecular flexibility index (Phi) is 4.38. The van der Waals surface area contributed by atoms with Gasteiger partial charge in [0.1, 0.15) is 5.69 Å². The van der Waals surface area contributed by atoms with Crippen LogP contribution in [0.3, 0.4) is 0 Å². The summed E-state index contributed by atoms with van der Waals surface area (Å²) >= 11 is 0. The number of nitrogen functional groups attached to an aromatic ring is 1. The maximum atomic E-state index is 11.1. The van der Waals surface area contributed by atoms with Gasteiger partial charge in [0.25, 0.3) is 5.69 Å². The van der Waals surface area contributed by atoms with Gasteiger partial charge in [-0.25, -0.2) is 0 Å². The summed E-state index contributed by atoms with van der Waals surface area (Å²) in [6, 6.07) is 16.4. The lowest BCUT2D eigenvalue weighted by Gasteiger charge is -2.09. The Bertz CT molecular complexity index is 849. The minimum absolute atomic E-state index is 0.0117. The quantitative estimate of drug-likeness (QED) is 0.423. The van der Waals surface area contributed by atoms with Gasteiger partial charge in [-0.15, -0.1) is 0 Å². The number of nitrogens with two attached hydrogens (primary N) is 1. The van der Waals surface area contributed by atoms with Crippen molar-refractivity contribution in [1.29, 1.82) is 0 Å². The number of nitrogens with zero attached hydrogens (tertiary/aromatic N) is 2. The van der Waals surface area contributed by atoms with Gasteiger partial charge < -0.3 is 11.1 Å². The van der Waals surface area contributed by atoms with Crippen molar-refractivity contribution in [2.45, 2.75) is 6.54 Å². The van der Waals surface area contributed by atoms with Crippen molar-refractivity contribution in [3.05, 3.63) is 82.7 Å². The van der Waals surface area contributed by atoms with Gasteiger partial charge in [-0.1, -0.05) is 24.3 Å². The fraction of sp³-hybridized carbons (Fsp3) is 0.0556. The number of nitrogens with one attached hydrogen (secondary N) is 1. The number of aromatic nitrogens is 1. The highest BCUT2D eigenvalue weighted by molar-refractivity contribution is 5.67. The van der Waals surface area contributed by atoms with Gasteiger partial charge in [0, 0.05) is 30.7 Å². The molecule has 24 heavy (non-hydrogen) atoms. The molecule has 6 nitrogen and oxygen atoms in total. The first kappa shape index (κ1) is 15.5. The number of rotatable bonds is 5. The second-order valence-electron chi connectivity index (χ2n) is 5.32. The predicted molar refractivity (Wildman–Crippen MR) is 94.5 cm³/mol. The summed E-state index contributed by atoms with van der Waals surface area (Å²) in [7, 11) is 0. The lowest BCUT2D eigenvalue weighted by atomic mass is 10.1. The topological polar surface area (TPSA) is 94.1 Å². The summed E-state index contributed by atoms with van der Waals surface area (Å²) < 4.78 is 0. The molecule has 0 saturated heterocycles. The van der Waals surface area contributed by atoms with E-state index in [9.17, 15) is 10.1 Å². The molecule has 3 rings (SSSR count). The molecule has 0 atom stereocenters. The van der Waals surface area contributed by atoms with Crippen LogP contribution in [0.25, 0.3) is 11.1 Å². The van der Waals surface area contributed by atoms with Crippen molar-refractivity contribution < 1.29 is 4.92 Å². The highest BCUT2D eigenvalue weighted by atomic mass is 16.6. The van der Waals surface area contributed by atoms with E-state index in [0.717, 1.165) is 16.7 Å². The van der Waals surface area contributed by atoms with Gasteiger partial charge in [-0.05, 0) is 41.0 Å². The summed E-state index contributed by atoms with van der Waals surface area (Å²) in [5, 5.41) is 14.1.